The summed E-state index contributed by atoms with van der Waals surface area (Å²) in [5, 5.41) is 17.0. The summed E-state index contributed by atoms with van der Waals surface area (Å²) in [7, 11) is 0. The van der Waals surface area contributed by atoms with Gasteiger partial charge in [0.1, 0.15) is 0 Å². The Kier molecular flexibility index (Phi) is 5.17. The average Bonchev–Trinajstić information content (AvgIpc) is 1.99. The first-order valence-corrected chi connectivity index (χ1v) is 1.86. The lowest BCUT2D eigenvalue weighted by atomic mass is 12.8. The van der Waals surface area contributed by atoms with E-state index in [0.717, 1.165) is 0 Å². The van der Waals surface area contributed by atoms with E-state index in [1.54, 1.807) is 0 Å². The molecule has 10 nitrogen and oxygen atoms in total. The summed E-state index contributed by atoms with van der Waals surface area (Å²) in [5.74, 6) is 8.52. The van der Waals surface area contributed by atoms with Gasteiger partial charge in [0.2, 0.25) is 0 Å². The molecule has 0 aliphatic rings. The quantitative estimate of drug-likeness (QED) is 0.230. The number of nitrogens with two attached hydrogens (primary N) is 2. The third kappa shape index (κ3) is 4.48. The van der Waals surface area contributed by atoms with Gasteiger partial charge in [-0.25, -0.2) is 0 Å². The van der Waals surface area contributed by atoms with Crippen LogP contribution in [-0.2, 0) is 19.9 Å². The molecule has 0 amide bonds. The van der Waals surface area contributed by atoms with Crippen molar-refractivity contribution in [2.24, 2.45) is 11.8 Å². The summed E-state index contributed by atoms with van der Waals surface area (Å²) < 4.78 is 0. The van der Waals surface area contributed by atoms with Crippen molar-refractivity contribution in [3.63, 3.8) is 0 Å². The zero-order valence-corrected chi connectivity index (χ0v) is 4.60. The molecule has 0 saturated heterocycles. The highest BCUT2D eigenvalue weighted by Gasteiger charge is 2.02. The molecule has 0 saturated carbocycles. The van der Waals surface area contributed by atoms with E-state index in [-0.39, 0.29) is 0 Å². The highest BCUT2D eigenvalue weighted by atomic mass is 17.5. The second kappa shape index (κ2) is 5.39. The fraction of sp³-hybridized carbons (Fsp3) is 0. The normalized spacial score (nSPS) is 16.8. The molecule has 0 heterocycles. The Morgan fingerprint density at radius 3 is 1.40 bits per heavy atom. The first kappa shape index (κ1) is 9.60. The second-order valence-corrected chi connectivity index (χ2v) is 0.902. The van der Waals surface area contributed by atoms with Crippen molar-refractivity contribution in [2.75, 3.05) is 0 Å². The van der Waals surface area contributed by atoms with Crippen LogP contribution in [0.2, 0.25) is 0 Å². The third-order valence-electron chi connectivity index (χ3n) is 0.370. The minimum absolute atomic E-state index is 1.40. The van der Waals surface area contributed by atoms with Gasteiger partial charge in [-0.3, -0.25) is 0 Å². The van der Waals surface area contributed by atoms with E-state index < -0.39 is 10.8 Å². The van der Waals surface area contributed by atoms with Crippen molar-refractivity contribution in [1.29, 1.82) is 0 Å². The maximum Gasteiger partial charge on any atom is 0.0597 e. The fourth-order valence-electron chi connectivity index (χ4n) is 0.107. The van der Waals surface area contributed by atoms with Crippen molar-refractivity contribution in [3.05, 3.63) is 10.4 Å². The molecule has 0 aliphatic heterocycles. The van der Waals surface area contributed by atoms with Crippen LogP contribution in [-0.4, -0.2) is 0 Å². The average molecular weight is 158 g/mol. The molecule has 10 heavy (non-hydrogen) atoms. The monoisotopic (exact) mass is 158 g/mol. The van der Waals surface area contributed by atoms with Crippen LogP contribution in [0.3, 0.4) is 0 Å². The maximum atomic E-state index is 9.89. The second-order valence-electron chi connectivity index (χ2n) is 0.902. The van der Waals surface area contributed by atoms with Crippen LogP contribution < -0.4 is 22.6 Å². The topological polar surface area (TPSA) is 144 Å². The predicted octanol–water partition coefficient (Wildman–Crippen LogP) is -4.86. The van der Waals surface area contributed by atoms with Gasteiger partial charge in [-0.2, -0.15) is 11.8 Å². The summed E-state index contributed by atoms with van der Waals surface area (Å²) in [6, 6.07) is 0. The molecule has 10 heteroatoms. The molecule has 62 valence electrons. The zero-order valence-electron chi connectivity index (χ0n) is 4.60. The smallest absolute Gasteiger partial charge is 0.0597 e. The SMILES string of the molecule is NO[NH+]([O-])OO[NH+]([O-])ON. The molecular formula is H6N4O6. The Labute approximate surface area is 54.2 Å². The van der Waals surface area contributed by atoms with Gasteiger partial charge < -0.3 is 10.4 Å². The van der Waals surface area contributed by atoms with Crippen LogP contribution in [0.4, 0.5) is 0 Å². The van der Waals surface area contributed by atoms with Gasteiger partial charge in [-0.1, -0.05) is 9.88 Å². The summed E-state index contributed by atoms with van der Waals surface area (Å²) >= 11 is 0. The predicted molar refractivity (Wildman–Crippen MR) is 21.4 cm³/mol. The van der Waals surface area contributed by atoms with Gasteiger partial charge in [-0.15, -0.1) is 0 Å². The van der Waals surface area contributed by atoms with Gasteiger partial charge >= 0.3 is 0 Å². The molecule has 0 spiro atoms. The van der Waals surface area contributed by atoms with E-state index in [9.17, 15) is 10.4 Å². The van der Waals surface area contributed by atoms with Crippen molar-refractivity contribution >= 4 is 0 Å². The molecule has 0 aromatic heterocycles. The van der Waals surface area contributed by atoms with Crippen molar-refractivity contribution in [3.8, 4) is 0 Å². The van der Waals surface area contributed by atoms with Gasteiger partial charge in [0.25, 0.3) is 0 Å². The largest absolute Gasteiger partial charge is 0.562 e. The molecule has 0 aliphatic carbocycles. The highest BCUT2D eigenvalue weighted by molar-refractivity contribution is 3.75. The fourth-order valence-corrected chi connectivity index (χ4v) is 0.107. The van der Waals surface area contributed by atoms with E-state index >= 15 is 0 Å². The van der Waals surface area contributed by atoms with Crippen molar-refractivity contribution in [2.45, 2.75) is 0 Å². The van der Waals surface area contributed by atoms with E-state index in [1.165, 1.54) is 0 Å². The van der Waals surface area contributed by atoms with Crippen LogP contribution in [0.15, 0.2) is 0 Å². The molecule has 0 aromatic rings. The lowest BCUT2D eigenvalue weighted by Crippen LogP contribution is -3.13. The number of nitrogens with one attached hydrogen (secondary N) is 2. The molecule has 0 aromatic carbocycles. The van der Waals surface area contributed by atoms with Crippen LogP contribution in [0, 0.1) is 10.4 Å². The van der Waals surface area contributed by atoms with Gasteiger partial charge in [0, 0.05) is 0 Å². The molecule has 2 unspecified atom stereocenters. The molecule has 0 radical (unpaired) electrons. The van der Waals surface area contributed by atoms with Crippen LogP contribution in [0.1, 0.15) is 0 Å². The Balaban J connectivity index is 3.17. The van der Waals surface area contributed by atoms with E-state index in [1.807, 2.05) is 0 Å². The van der Waals surface area contributed by atoms with E-state index in [2.05, 4.69) is 31.6 Å². The minimum atomic E-state index is -1.40. The minimum Gasteiger partial charge on any atom is -0.562 e. The van der Waals surface area contributed by atoms with Crippen LogP contribution >= 0.6 is 0 Å². The number of hydrogen-bond acceptors (Lipinski definition) is 8. The van der Waals surface area contributed by atoms with Crippen LogP contribution in [0.25, 0.3) is 0 Å². The number of hydrogen-bond donors (Lipinski definition) is 4. The lowest BCUT2D eigenvalue weighted by Gasteiger charge is -2.13. The summed E-state index contributed by atoms with van der Waals surface area (Å²) in [6.45, 7) is 0. The third-order valence-corrected chi connectivity index (χ3v) is 0.370. The summed E-state index contributed by atoms with van der Waals surface area (Å²) in [6.07, 6.45) is 0. The van der Waals surface area contributed by atoms with E-state index in [0.29, 0.717) is 0 Å². The van der Waals surface area contributed by atoms with E-state index in [4.69, 9.17) is 0 Å². The van der Waals surface area contributed by atoms with Crippen LogP contribution in [0.5, 0.6) is 0 Å². The van der Waals surface area contributed by atoms with Gasteiger partial charge in [-0.05, 0) is 10.8 Å². The zero-order chi connectivity index (χ0) is 7.98. The lowest BCUT2D eigenvalue weighted by molar-refractivity contribution is -1.36. The van der Waals surface area contributed by atoms with Crippen molar-refractivity contribution < 1.29 is 30.6 Å². The summed E-state index contributed by atoms with van der Waals surface area (Å²) in [4.78, 5) is 13.8. The molecule has 2 atom stereocenters. The van der Waals surface area contributed by atoms with Gasteiger partial charge in [0.05, 0.1) is 9.98 Å². The first-order valence-electron chi connectivity index (χ1n) is 1.86. The standard InChI is InChI=1S/H6N4O6/c1-7-3(5)9-10-4(6)8-2/h3-4H,1-2H2. The first-order chi connectivity index (χ1) is 4.70. The Hall–Kier alpha value is -0.400. The molecule has 0 rings (SSSR count). The number of rotatable bonds is 5. The Morgan fingerprint density at radius 2 is 1.20 bits per heavy atom. The summed E-state index contributed by atoms with van der Waals surface area (Å²) in [5.41, 5.74) is 0. The molecule has 6 N–H and O–H groups in total. The Bertz CT molecular complexity index is 66.1. The van der Waals surface area contributed by atoms with Gasteiger partial charge in [0.15, 0.2) is 0 Å². The highest BCUT2D eigenvalue weighted by Crippen LogP contribution is 1.48. The molecular weight excluding hydrogens is 152 g/mol. The van der Waals surface area contributed by atoms with Crippen molar-refractivity contribution in [1.82, 2.24) is 0 Å². The maximum absolute atomic E-state index is 9.89. The molecule has 0 bridgehead atoms. The number of quaternary nitrogens is 2. The Morgan fingerprint density at radius 1 is 0.900 bits per heavy atom. The molecule has 0 fully saturated rings.